The average molecular weight is 298 g/mol. The molecule has 22 heavy (non-hydrogen) atoms. The van der Waals surface area contributed by atoms with Crippen molar-refractivity contribution in [3.63, 3.8) is 0 Å². The van der Waals surface area contributed by atoms with Crippen LogP contribution in [-0.2, 0) is 0 Å². The Bertz CT molecular complexity index is 764. The normalized spacial score (nSPS) is 10.3. The smallest absolute Gasteiger partial charge is 0.337 e. The van der Waals surface area contributed by atoms with E-state index in [1.54, 1.807) is 6.07 Å². The number of carboxylic acids is 1. The van der Waals surface area contributed by atoms with E-state index in [-0.39, 0.29) is 17.3 Å². The molecular formula is C17H15FN2O2. The van der Waals surface area contributed by atoms with Crippen LogP contribution in [-0.4, -0.2) is 11.1 Å². The lowest BCUT2D eigenvalue weighted by Crippen LogP contribution is -2.05. The predicted octanol–water partition coefficient (Wildman–Crippen LogP) is 4.26. The molecule has 0 aliphatic carbocycles. The summed E-state index contributed by atoms with van der Waals surface area (Å²) in [7, 11) is 0. The van der Waals surface area contributed by atoms with Gasteiger partial charge >= 0.3 is 5.97 Å². The van der Waals surface area contributed by atoms with Gasteiger partial charge in [0.1, 0.15) is 5.82 Å². The number of anilines is 2. The Kier molecular flexibility index (Phi) is 4.42. The third-order valence-electron chi connectivity index (χ3n) is 3.28. The largest absolute Gasteiger partial charge is 0.478 e. The average Bonchev–Trinajstić information content (AvgIpc) is 2.48. The van der Waals surface area contributed by atoms with Crippen molar-refractivity contribution in [3.05, 3.63) is 58.9 Å². The van der Waals surface area contributed by atoms with Gasteiger partial charge in [0.2, 0.25) is 0 Å². The van der Waals surface area contributed by atoms with Crippen LogP contribution in [0.2, 0.25) is 0 Å². The highest BCUT2D eigenvalue weighted by Crippen LogP contribution is 2.30. The second-order valence-electron chi connectivity index (χ2n) is 5.19. The molecule has 0 fully saturated rings. The summed E-state index contributed by atoms with van der Waals surface area (Å²) in [6.07, 6.45) is 0. The summed E-state index contributed by atoms with van der Waals surface area (Å²) in [6.45, 7) is 3.84. The predicted molar refractivity (Wildman–Crippen MR) is 81.9 cm³/mol. The van der Waals surface area contributed by atoms with Crippen LogP contribution < -0.4 is 5.32 Å². The van der Waals surface area contributed by atoms with E-state index in [9.17, 15) is 14.3 Å². The van der Waals surface area contributed by atoms with E-state index in [1.165, 1.54) is 30.3 Å². The Morgan fingerprint density at radius 3 is 2.55 bits per heavy atom. The van der Waals surface area contributed by atoms with Crippen molar-refractivity contribution >= 4 is 17.3 Å². The molecule has 0 spiro atoms. The minimum absolute atomic E-state index is 0.0537. The highest BCUT2D eigenvalue weighted by molar-refractivity contribution is 5.95. The first-order chi connectivity index (χ1) is 10.4. The quantitative estimate of drug-likeness (QED) is 0.884. The number of rotatable bonds is 4. The van der Waals surface area contributed by atoms with Gasteiger partial charge in [-0.2, -0.15) is 5.26 Å². The molecule has 2 aromatic rings. The Labute approximate surface area is 127 Å². The number of carboxylic acid groups (broad SMARTS) is 1. The van der Waals surface area contributed by atoms with Gasteiger partial charge in [-0.1, -0.05) is 13.8 Å². The molecule has 0 bridgehead atoms. The van der Waals surface area contributed by atoms with Crippen molar-refractivity contribution < 1.29 is 14.3 Å². The van der Waals surface area contributed by atoms with E-state index >= 15 is 0 Å². The SMILES string of the molecule is CC(C)c1cc(F)ccc1Nc1cc(C#N)ccc1C(=O)O. The van der Waals surface area contributed by atoms with Crippen molar-refractivity contribution in [2.75, 3.05) is 5.32 Å². The summed E-state index contributed by atoms with van der Waals surface area (Å²) in [5.41, 5.74) is 2.06. The van der Waals surface area contributed by atoms with Crippen LogP contribution in [0.5, 0.6) is 0 Å². The molecular weight excluding hydrogens is 283 g/mol. The van der Waals surface area contributed by atoms with Gasteiger partial charge in [-0.15, -0.1) is 0 Å². The molecule has 0 saturated carbocycles. The Balaban J connectivity index is 2.51. The van der Waals surface area contributed by atoms with E-state index in [2.05, 4.69) is 5.32 Å². The maximum absolute atomic E-state index is 13.4. The van der Waals surface area contributed by atoms with Gasteiger partial charge in [0.25, 0.3) is 0 Å². The van der Waals surface area contributed by atoms with E-state index in [0.717, 1.165) is 5.56 Å². The highest BCUT2D eigenvalue weighted by atomic mass is 19.1. The minimum Gasteiger partial charge on any atom is -0.478 e. The van der Waals surface area contributed by atoms with Gasteiger partial charge in [0.15, 0.2) is 0 Å². The monoisotopic (exact) mass is 298 g/mol. The van der Waals surface area contributed by atoms with Crippen molar-refractivity contribution in [2.45, 2.75) is 19.8 Å². The van der Waals surface area contributed by atoms with Gasteiger partial charge < -0.3 is 10.4 Å². The van der Waals surface area contributed by atoms with Crippen LogP contribution in [0.3, 0.4) is 0 Å². The molecule has 0 saturated heterocycles. The zero-order valence-corrected chi connectivity index (χ0v) is 12.2. The van der Waals surface area contributed by atoms with Crippen LogP contribution >= 0.6 is 0 Å². The molecule has 0 aliphatic rings. The maximum Gasteiger partial charge on any atom is 0.337 e. The standard InChI is InChI=1S/C17H15FN2O2/c1-10(2)14-8-12(18)4-6-15(14)20-16-7-11(9-19)3-5-13(16)17(21)22/h3-8,10,20H,1-2H3,(H,21,22). The molecule has 0 aliphatic heterocycles. The molecule has 2 rings (SSSR count). The lowest BCUT2D eigenvalue weighted by molar-refractivity contribution is 0.0698. The van der Waals surface area contributed by atoms with Gasteiger partial charge in [0.05, 0.1) is 22.9 Å². The molecule has 0 heterocycles. The summed E-state index contributed by atoms with van der Waals surface area (Å²) in [5.74, 6) is -1.38. The van der Waals surface area contributed by atoms with Gasteiger partial charge in [-0.05, 0) is 47.9 Å². The molecule has 0 unspecified atom stereocenters. The molecule has 2 aromatic carbocycles. The summed E-state index contributed by atoms with van der Waals surface area (Å²) >= 11 is 0. The summed E-state index contributed by atoms with van der Waals surface area (Å²) in [6, 6.07) is 10.6. The number of nitriles is 1. The highest BCUT2D eigenvalue weighted by Gasteiger charge is 2.14. The second kappa shape index (κ2) is 6.27. The number of carbonyl (C=O) groups is 1. The van der Waals surface area contributed by atoms with Crippen molar-refractivity contribution in [1.82, 2.24) is 0 Å². The zero-order chi connectivity index (χ0) is 16.3. The van der Waals surface area contributed by atoms with E-state index in [0.29, 0.717) is 16.9 Å². The minimum atomic E-state index is -1.10. The number of aromatic carboxylic acids is 1. The van der Waals surface area contributed by atoms with Crippen LogP contribution in [0.4, 0.5) is 15.8 Å². The lowest BCUT2D eigenvalue weighted by atomic mass is 10.00. The fraction of sp³-hybridized carbons (Fsp3) is 0.176. The van der Waals surface area contributed by atoms with Crippen LogP contribution in [0, 0.1) is 17.1 Å². The van der Waals surface area contributed by atoms with Crippen LogP contribution in [0.1, 0.15) is 41.3 Å². The van der Waals surface area contributed by atoms with Crippen molar-refractivity contribution in [2.24, 2.45) is 0 Å². The molecule has 5 heteroatoms. The Hall–Kier alpha value is -2.87. The number of hydrogen-bond acceptors (Lipinski definition) is 3. The first-order valence-electron chi connectivity index (χ1n) is 6.76. The molecule has 0 amide bonds. The maximum atomic E-state index is 13.4. The summed E-state index contributed by atoms with van der Waals surface area (Å²) in [4.78, 5) is 11.3. The van der Waals surface area contributed by atoms with E-state index in [4.69, 9.17) is 5.26 Å². The molecule has 4 nitrogen and oxygen atoms in total. The lowest BCUT2D eigenvalue weighted by Gasteiger charge is -2.16. The van der Waals surface area contributed by atoms with Crippen molar-refractivity contribution in [1.29, 1.82) is 5.26 Å². The van der Waals surface area contributed by atoms with Gasteiger partial charge in [0, 0.05) is 5.69 Å². The number of benzene rings is 2. The number of nitrogens with zero attached hydrogens (tertiary/aromatic N) is 1. The number of halogens is 1. The van der Waals surface area contributed by atoms with Crippen molar-refractivity contribution in [3.8, 4) is 6.07 Å². The zero-order valence-electron chi connectivity index (χ0n) is 12.2. The summed E-state index contributed by atoms with van der Waals surface area (Å²) < 4.78 is 13.4. The van der Waals surface area contributed by atoms with Gasteiger partial charge in [-0.25, -0.2) is 9.18 Å². The molecule has 2 N–H and O–H groups in total. The van der Waals surface area contributed by atoms with Crippen LogP contribution in [0.15, 0.2) is 36.4 Å². The topological polar surface area (TPSA) is 73.1 Å². The van der Waals surface area contributed by atoms with E-state index < -0.39 is 5.97 Å². The number of hydrogen-bond donors (Lipinski definition) is 2. The molecule has 0 radical (unpaired) electrons. The third-order valence-corrected chi connectivity index (χ3v) is 3.28. The first kappa shape index (κ1) is 15.5. The molecule has 0 atom stereocenters. The molecule has 112 valence electrons. The fourth-order valence-corrected chi connectivity index (χ4v) is 2.17. The number of nitrogens with one attached hydrogen (secondary N) is 1. The third kappa shape index (κ3) is 3.23. The van der Waals surface area contributed by atoms with Crippen LogP contribution in [0.25, 0.3) is 0 Å². The second-order valence-corrected chi connectivity index (χ2v) is 5.19. The van der Waals surface area contributed by atoms with Gasteiger partial charge in [-0.3, -0.25) is 0 Å². The Morgan fingerprint density at radius 2 is 1.95 bits per heavy atom. The fourth-order valence-electron chi connectivity index (χ4n) is 2.17. The Morgan fingerprint density at radius 1 is 1.23 bits per heavy atom. The first-order valence-corrected chi connectivity index (χ1v) is 6.76. The van der Waals surface area contributed by atoms with E-state index in [1.807, 2.05) is 19.9 Å². The summed E-state index contributed by atoms with van der Waals surface area (Å²) in [5, 5.41) is 21.2. The molecule has 0 aromatic heterocycles.